The number of nitrogens with zero attached hydrogens (tertiary/aromatic N) is 3. The lowest BCUT2D eigenvalue weighted by atomic mass is 10.1. The number of carboxylic acids is 1. The summed E-state index contributed by atoms with van der Waals surface area (Å²) in [5.74, 6) is -1.26. The predicted octanol–water partition coefficient (Wildman–Crippen LogP) is 2.94. The summed E-state index contributed by atoms with van der Waals surface area (Å²) in [7, 11) is 0. The number of benzene rings is 2. The minimum atomic E-state index is -1.26. The fourth-order valence-corrected chi connectivity index (χ4v) is 3.94. The summed E-state index contributed by atoms with van der Waals surface area (Å²) in [6.45, 7) is 4.54. The number of piperidine rings is 1. The molecule has 0 saturated carbocycles. The Hall–Kier alpha value is -3.41. The van der Waals surface area contributed by atoms with Gasteiger partial charge in [0.05, 0.1) is 17.0 Å². The first-order valence-electron chi connectivity index (χ1n) is 10.4. The fourth-order valence-electron chi connectivity index (χ4n) is 3.94. The first-order valence-corrected chi connectivity index (χ1v) is 10.4. The second-order valence-electron chi connectivity index (χ2n) is 7.51. The molecule has 2 heterocycles. The Balaban J connectivity index is 1.65. The fraction of sp³-hybridized carbons (Fsp3) is 0.292. The standard InChI is InChI=1S/C24H25N3O3/c1-2-27-22-13-9-18(24(29)30)16-21(22)25-20(23(27)28)12-8-17-6-10-19(11-7-17)26-14-4-3-5-15-26/h6-13,16H,2-5,14-15H2,1H3,(H,29,30)/p-1/b12-8+. The quantitative estimate of drug-likeness (QED) is 0.656. The van der Waals surface area contributed by atoms with Crippen molar-refractivity contribution in [3.8, 4) is 0 Å². The molecule has 0 unspecified atom stereocenters. The maximum atomic E-state index is 12.8. The second kappa shape index (κ2) is 8.53. The lowest BCUT2D eigenvalue weighted by Gasteiger charge is -2.28. The van der Waals surface area contributed by atoms with Crippen LogP contribution in [0.4, 0.5) is 5.69 Å². The highest BCUT2D eigenvalue weighted by Crippen LogP contribution is 2.21. The smallest absolute Gasteiger partial charge is 0.276 e. The van der Waals surface area contributed by atoms with Crippen molar-refractivity contribution in [3.63, 3.8) is 0 Å². The normalized spacial score (nSPS) is 14.5. The molecule has 4 rings (SSSR count). The molecule has 0 bridgehead atoms. The van der Waals surface area contributed by atoms with Gasteiger partial charge in [-0.2, -0.15) is 0 Å². The summed E-state index contributed by atoms with van der Waals surface area (Å²) < 4.78 is 1.60. The highest BCUT2D eigenvalue weighted by Gasteiger charge is 2.11. The van der Waals surface area contributed by atoms with E-state index in [1.54, 1.807) is 16.7 Å². The van der Waals surface area contributed by atoms with Crippen molar-refractivity contribution in [3.05, 3.63) is 69.6 Å². The van der Waals surface area contributed by atoms with Crippen LogP contribution in [0.15, 0.2) is 47.3 Å². The third-order valence-corrected chi connectivity index (χ3v) is 5.57. The molecule has 1 saturated heterocycles. The Morgan fingerprint density at radius 3 is 2.47 bits per heavy atom. The van der Waals surface area contributed by atoms with Gasteiger partial charge in [0.15, 0.2) is 0 Å². The van der Waals surface area contributed by atoms with Crippen LogP contribution >= 0.6 is 0 Å². The summed E-state index contributed by atoms with van der Waals surface area (Å²) in [5.41, 5.74) is 3.38. The molecule has 0 aliphatic carbocycles. The Morgan fingerprint density at radius 1 is 1.07 bits per heavy atom. The van der Waals surface area contributed by atoms with Gasteiger partial charge < -0.3 is 19.4 Å². The van der Waals surface area contributed by atoms with Gasteiger partial charge in [-0.3, -0.25) is 4.79 Å². The van der Waals surface area contributed by atoms with Gasteiger partial charge in [0.2, 0.25) is 0 Å². The van der Waals surface area contributed by atoms with E-state index in [-0.39, 0.29) is 16.8 Å². The maximum Gasteiger partial charge on any atom is 0.276 e. The predicted molar refractivity (Wildman–Crippen MR) is 117 cm³/mol. The first-order chi connectivity index (χ1) is 14.6. The van der Waals surface area contributed by atoms with Crippen molar-refractivity contribution in [1.29, 1.82) is 0 Å². The molecule has 0 spiro atoms. The molecule has 0 atom stereocenters. The molecule has 0 amide bonds. The monoisotopic (exact) mass is 402 g/mol. The summed E-state index contributed by atoms with van der Waals surface area (Å²) in [6.07, 6.45) is 7.32. The Labute approximate surface area is 175 Å². The number of fused-ring (bicyclic) bond motifs is 1. The summed E-state index contributed by atoms with van der Waals surface area (Å²) in [5, 5.41) is 11.2. The van der Waals surface area contributed by atoms with Gasteiger partial charge in [-0.15, -0.1) is 0 Å². The molecule has 6 nitrogen and oxygen atoms in total. The van der Waals surface area contributed by atoms with E-state index < -0.39 is 5.97 Å². The van der Waals surface area contributed by atoms with E-state index in [4.69, 9.17) is 0 Å². The molecule has 30 heavy (non-hydrogen) atoms. The van der Waals surface area contributed by atoms with Crippen LogP contribution in [-0.4, -0.2) is 28.6 Å². The van der Waals surface area contributed by atoms with E-state index in [0.717, 1.165) is 18.7 Å². The third kappa shape index (κ3) is 3.99. The Bertz CT molecular complexity index is 1160. The summed E-state index contributed by atoms with van der Waals surface area (Å²) in [6, 6.07) is 12.8. The van der Waals surface area contributed by atoms with Crippen LogP contribution in [-0.2, 0) is 6.54 Å². The van der Waals surface area contributed by atoms with Crippen molar-refractivity contribution in [2.75, 3.05) is 18.0 Å². The average molecular weight is 402 g/mol. The lowest BCUT2D eigenvalue weighted by Crippen LogP contribution is -2.29. The number of hydrogen-bond donors (Lipinski definition) is 0. The number of aromatic nitrogens is 2. The molecule has 1 aliphatic heterocycles. The molecular formula is C24H24N3O3-. The zero-order valence-corrected chi connectivity index (χ0v) is 17.0. The van der Waals surface area contributed by atoms with Gasteiger partial charge in [-0.1, -0.05) is 24.3 Å². The van der Waals surface area contributed by atoms with E-state index in [2.05, 4.69) is 22.0 Å². The van der Waals surface area contributed by atoms with Crippen molar-refractivity contribution >= 4 is 34.8 Å². The molecule has 154 valence electrons. The van der Waals surface area contributed by atoms with Crippen LogP contribution in [0.2, 0.25) is 0 Å². The summed E-state index contributed by atoms with van der Waals surface area (Å²) >= 11 is 0. The number of anilines is 1. The summed E-state index contributed by atoms with van der Waals surface area (Å²) in [4.78, 5) is 30.8. The minimum absolute atomic E-state index is 0.0412. The van der Waals surface area contributed by atoms with E-state index in [1.807, 2.05) is 25.1 Å². The Kier molecular flexibility index (Phi) is 5.65. The second-order valence-corrected chi connectivity index (χ2v) is 7.51. The van der Waals surface area contributed by atoms with Gasteiger partial charge in [-0.25, -0.2) is 4.98 Å². The van der Waals surface area contributed by atoms with Gasteiger partial charge in [0.25, 0.3) is 5.56 Å². The van der Waals surface area contributed by atoms with Crippen molar-refractivity contribution in [2.45, 2.75) is 32.7 Å². The zero-order chi connectivity index (χ0) is 21.1. The van der Waals surface area contributed by atoms with E-state index in [9.17, 15) is 14.7 Å². The third-order valence-electron chi connectivity index (χ3n) is 5.57. The van der Waals surface area contributed by atoms with E-state index in [0.29, 0.717) is 17.6 Å². The molecule has 6 heteroatoms. The van der Waals surface area contributed by atoms with E-state index in [1.165, 1.54) is 37.1 Å². The van der Waals surface area contributed by atoms with Gasteiger partial charge >= 0.3 is 0 Å². The van der Waals surface area contributed by atoms with Crippen molar-refractivity contribution in [2.24, 2.45) is 0 Å². The van der Waals surface area contributed by atoms with Crippen LogP contribution < -0.4 is 15.6 Å². The van der Waals surface area contributed by atoms with Crippen LogP contribution in [0.3, 0.4) is 0 Å². The lowest BCUT2D eigenvalue weighted by molar-refractivity contribution is -0.255. The average Bonchev–Trinajstić information content (AvgIpc) is 2.78. The van der Waals surface area contributed by atoms with Gasteiger partial charge in [0, 0.05) is 25.3 Å². The molecular weight excluding hydrogens is 378 g/mol. The van der Waals surface area contributed by atoms with E-state index >= 15 is 0 Å². The minimum Gasteiger partial charge on any atom is -0.545 e. The number of carbonyl (C=O) groups excluding carboxylic acids is 1. The van der Waals surface area contributed by atoms with Crippen LogP contribution in [0.5, 0.6) is 0 Å². The maximum absolute atomic E-state index is 12.8. The van der Waals surface area contributed by atoms with Crippen molar-refractivity contribution < 1.29 is 9.90 Å². The molecule has 1 aromatic heterocycles. The number of aryl methyl sites for hydroxylation is 1. The SMILES string of the molecule is CCn1c(=O)c(/C=C/c2ccc(N3CCCCC3)cc2)nc2cc(C(=O)[O-])ccc21. The zero-order valence-electron chi connectivity index (χ0n) is 17.0. The molecule has 0 radical (unpaired) electrons. The number of carboxylic acid groups (broad SMARTS) is 1. The molecule has 1 aliphatic rings. The van der Waals surface area contributed by atoms with Crippen molar-refractivity contribution in [1.82, 2.24) is 9.55 Å². The molecule has 2 aromatic carbocycles. The van der Waals surface area contributed by atoms with Crippen LogP contribution in [0.1, 0.15) is 47.8 Å². The number of aromatic carboxylic acids is 1. The van der Waals surface area contributed by atoms with Gasteiger partial charge in [0.1, 0.15) is 5.69 Å². The van der Waals surface area contributed by atoms with Gasteiger partial charge in [-0.05, 0) is 67.7 Å². The highest BCUT2D eigenvalue weighted by atomic mass is 16.4. The number of carbonyl (C=O) groups is 1. The topological polar surface area (TPSA) is 78.3 Å². The number of hydrogen-bond acceptors (Lipinski definition) is 5. The molecule has 0 N–H and O–H groups in total. The van der Waals surface area contributed by atoms with Crippen LogP contribution in [0.25, 0.3) is 23.2 Å². The molecule has 1 fully saturated rings. The number of rotatable bonds is 5. The Morgan fingerprint density at radius 2 is 1.80 bits per heavy atom. The first kappa shape index (κ1) is 19.9. The van der Waals surface area contributed by atoms with Crippen LogP contribution in [0, 0.1) is 0 Å². The molecule has 3 aromatic rings. The highest BCUT2D eigenvalue weighted by molar-refractivity contribution is 5.91. The largest absolute Gasteiger partial charge is 0.545 e.